The molecule has 0 saturated carbocycles. The second-order valence-electron chi connectivity index (χ2n) is 6.97. The van der Waals surface area contributed by atoms with Crippen LogP contribution in [0, 0.1) is 5.92 Å². The van der Waals surface area contributed by atoms with Gasteiger partial charge in [0.15, 0.2) is 6.29 Å². The number of benzene rings is 1. The van der Waals surface area contributed by atoms with Gasteiger partial charge in [-0.2, -0.15) is 0 Å². The summed E-state index contributed by atoms with van der Waals surface area (Å²) in [5.74, 6) is 0.238. The first-order valence-electron chi connectivity index (χ1n) is 9.05. The quantitative estimate of drug-likeness (QED) is 0.776. The van der Waals surface area contributed by atoms with E-state index in [-0.39, 0.29) is 24.1 Å². The topological polar surface area (TPSA) is 59.1 Å². The SMILES string of the molecule is C=CC(=O)N(C)c1ccc(C(=O)N2CC(C)CCC2C2OCCO2)cc1. The highest BCUT2D eigenvalue weighted by molar-refractivity contribution is 6.01. The molecule has 0 bridgehead atoms. The van der Waals surface area contributed by atoms with Gasteiger partial charge in [0.2, 0.25) is 5.91 Å². The van der Waals surface area contributed by atoms with E-state index in [0.29, 0.717) is 31.2 Å². The van der Waals surface area contributed by atoms with E-state index in [9.17, 15) is 9.59 Å². The molecule has 0 aromatic heterocycles. The molecule has 2 aliphatic heterocycles. The average molecular weight is 358 g/mol. The molecule has 0 aliphatic carbocycles. The fourth-order valence-electron chi connectivity index (χ4n) is 3.55. The Labute approximate surface area is 154 Å². The third-order valence-electron chi connectivity index (χ3n) is 5.09. The molecular weight excluding hydrogens is 332 g/mol. The lowest BCUT2D eigenvalue weighted by Gasteiger charge is -2.40. The first-order valence-corrected chi connectivity index (χ1v) is 9.05. The summed E-state index contributed by atoms with van der Waals surface area (Å²) in [5.41, 5.74) is 1.32. The number of ether oxygens (including phenoxy) is 2. The number of amides is 2. The van der Waals surface area contributed by atoms with Crippen molar-refractivity contribution in [3.63, 3.8) is 0 Å². The number of nitrogens with zero attached hydrogens (tertiary/aromatic N) is 2. The largest absolute Gasteiger partial charge is 0.348 e. The van der Waals surface area contributed by atoms with Crippen LogP contribution in [0.4, 0.5) is 5.69 Å². The van der Waals surface area contributed by atoms with Crippen molar-refractivity contribution in [2.45, 2.75) is 32.1 Å². The molecule has 0 N–H and O–H groups in total. The molecule has 140 valence electrons. The van der Waals surface area contributed by atoms with Crippen molar-refractivity contribution in [3.8, 4) is 0 Å². The van der Waals surface area contributed by atoms with Crippen LogP contribution in [0.3, 0.4) is 0 Å². The molecule has 0 spiro atoms. The van der Waals surface area contributed by atoms with E-state index in [2.05, 4.69) is 13.5 Å². The van der Waals surface area contributed by atoms with Crippen molar-refractivity contribution in [1.29, 1.82) is 0 Å². The second-order valence-corrected chi connectivity index (χ2v) is 6.97. The van der Waals surface area contributed by atoms with Gasteiger partial charge in [-0.05, 0) is 49.1 Å². The van der Waals surface area contributed by atoms with Gasteiger partial charge >= 0.3 is 0 Å². The van der Waals surface area contributed by atoms with Crippen molar-refractivity contribution in [3.05, 3.63) is 42.5 Å². The normalized spacial score (nSPS) is 23.7. The number of carbonyl (C=O) groups is 2. The smallest absolute Gasteiger partial charge is 0.254 e. The molecule has 26 heavy (non-hydrogen) atoms. The summed E-state index contributed by atoms with van der Waals surface area (Å²) in [6.45, 7) is 7.51. The molecule has 0 radical (unpaired) electrons. The van der Waals surface area contributed by atoms with E-state index in [1.54, 1.807) is 31.3 Å². The summed E-state index contributed by atoms with van der Waals surface area (Å²) in [6.07, 6.45) is 2.87. The fraction of sp³-hybridized carbons (Fsp3) is 0.500. The van der Waals surface area contributed by atoms with Crippen molar-refractivity contribution in [2.75, 3.05) is 31.7 Å². The maximum absolute atomic E-state index is 13.1. The summed E-state index contributed by atoms with van der Waals surface area (Å²) < 4.78 is 11.3. The number of hydrogen-bond acceptors (Lipinski definition) is 4. The zero-order valence-electron chi connectivity index (χ0n) is 15.4. The molecule has 1 aromatic carbocycles. The third-order valence-corrected chi connectivity index (χ3v) is 5.09. The summed E-state index contributed by atoms with van der Waals surface area (Å²) >= 11 is 0. The summed E-state index contributed by atoms with van der Waals surface area (Å²) in [5, 5.41) is 0. The molecule has 2 amide bonds. The molecule has 2 heterocycles. The molecule has 6 heteroatoms. The minimum atomic E-state index is -0.331. The molecule has 3 rings (SSSR count). The van der Waals surface area contributed by atoms with Gasteiger partial charge in [0.1, 0.15) is 0 Å². The summed E-state index contributed by atoms with van der Waals surface area (Å²) in [6, 6.07) is 7.03. The Morgan fingerprint density at radius 1 is 1.19 bits per heavy atom. The van der Waals surface area contributed by atoms with Gasteiger partial charge in [-0.15, -0.1) is 0 Å². The standard InChI is InChI=1S/C20H26N2O4/c1-4-18(23)21(3)16-8-6-15(7-9-16)19(24)22-13-14(2)5-10-17(22)20-25-11-12-26-20/h4,6-9,14,17,20H,1,5,10-13H2,2-3H3. The lowest BCUT2D eigenvalue weighted by atomic mass is 9.93. The number of rotatable bonds is 4. The van der Waals surface area contributed by atoms with Crippen molar-refractivity contribution in [1.82, 2.24) is 4.90 Å². The van der Waals surface area contributed by atoms with Gasteiger partial charge in [0, 0.05) is 24.8 Å². The minimum absolute atomic E-state index is 0.0232. The predicted octanol–water partition coefficient (Wildman–Crippen LogP) is 2.45. The second kappa shape index (κ2) is 8.01. The van der Waals surface area contributed by atoms with Crippen LogP contribution < -0.4 is 4.90 Å². The molecule has 1 aromatic rings. The average Bonchev–Trinajstić information content (AvgIpc) is 3.20. The van der Waals surface area contributed by atoms with Crippen LogP contribution >= 0.6 is 0 Å². The summed E-state index contributed by atoms with van der Waals surface area (Å²) in [4.78, 5) is 28.2. The molecule has 2 fully saturated rings. The third kappa shape index (κ3) is 3.81. The van der Waals surface area contributed by atoms with Gasteiger partial charge in [-0.1, -0.05) is 13.5 Å². The van der Waals surface area contributed by atoms with Crippen LogP contribution in [0.5, 0.6) is 0 Å². The van der Waals surface area contributed by atoms with Crippen molar-refractivity contribution < 1.29 is 19.1 Å². The number of anilines is 1. The number of hydrogen-bond donors (Lipinski definition) is 0. The van der Waals surface area contributed by atoms with Crippen molar-refractivity contribution in [2.24, 2.45) is 5.92 Å². The molecule has 6 nitrogen and oxygen atoms in total. The highest BCUT2D eigenvalue weighted by Gasteiger charge is 2.38. The molecule has 2 aliphatic rings. The first-order chi connectivity index (χ1) is 12.5. The summed E-state index contributed by atoms with van der Waals surface area (Å²) in [7, 11) is 1.68. The van der Waals surface area contributed by atoms with E-state index in [0.717, 1.165) is 18.5 Å². The Bertz CT molecular complexity index is 667. The van der Waals surface area contributed by atoms with Gasteiger partial charge in [0.05, 0.1) is 19.3 Å². The van der Waals surface area contributed by atoms with E-state index in [4.69, 9.17) is 9.47 Å². The minimum Gasteiger partial charge on any atom is -0.348 e. The van der Waals surface area contributed by atoms with Crippen LogP contribution in [0.1, 0.15) is 30.1 Å². The van der Waals surface area contributed by atoms with Crippen LogP contribution in [-0.4, -0.2) is 55.9 Å². The van der Waals surface area contributed by atoms with Gasteiger partial charge in [-0.25, -0.2) is 0 Å². The Morgan fingerprint density at radius 3 is 2.46 bits per heavy atom. The lowest BCUT2D eigenvalue weighted by Crippen LogP contribution is -2.52. The highest BCUT2D eigenvalue weighted by Crippen LogP contribution is 2.29. The van der Waals surface area contributed by atoms with Crippen LogP contribution in [-0.2, 0) is 14.3 Å². The van der Waals surface area contributed by atoms with Gasteiger partial charge in [0.25, 0.3) is 5.91 Å². The van der Waals surface area contributed by atoms with Gasteiger partial charge < -0.3 is 19.3 Å². The number of likely N-dealkylation sites (tertiary alicyclic amines) is 1. The zero-order valence-corrected chi connectivity index (χ0v) is 15.4. The highest BCUT2D eigenvalue weighted by atomic mass is 16.7. The monoisotopic (exact) mass is 358 g/mol. The molecular formula is C20H26N2O4. The first kappa shape index (κ1) is 18.6. The zero-order chi connectivity index (χ0) is 18.7. The number of carbonyl (C=O) groups excluding carboxylic acids is 2. The Balaban J connectivity index is 1.77. The maximum Gasteiger partial charge on any atom is 0.254 e. The van der Waals surface area contributed by atoms with E-state index in [1.165, 1.54) is 11.0 Å². The fourth-order valence-corrected chi connectivity index (χ4v) is 3.55. The Kier molecular flexibility index (Phi) is 5.74. The molecule has 2 atom stereocenters. The van der Waals surface area contributed by atoms with E-state index >= 15 is 0 Å². The number of likely N-dealkylation sites (N-methyl/N-ethyl adjacent to an activating group) is 1. The predicted molar refractivity (Wildman–Crippen MR) is 99.0 cm³/mol. The molecule has 2 saturated heterocycles. The van der Waals surface area contributed by atoms with Crippen LogP contribution in [0.25, 0.3) is 0 Å². The Morgan fingerprint density at radius 2 is 1.85 bits per heavy atom. The maximum atomic E-state index is 13.1. The lowest BCUT2D eigenvalue weighted by molar-refractivity contribution is -0.113. The van der Waals surface area contributed by atoms with E-state index < -0.39 is 0 Å². The van der Waals surface area contributed by atoms with Crippen LogP contribution in [0.2, 0.25) is 0 Å². The van der Waals surface area contributed by atoms with Crippen LogP contribution in [0.15, 0.2) is 36.9 Å². The van der Waals surface area contributed by atoms with E-state index in [1.807, 2.05) is 4.90 Å². The number of piperidine rings is 1. The van der Waals surface area contributed by atoms with Crippen molar-refractivity contribution >= 4 is 17.5 Å². The van der Waals surface area contributed by atoms with Gasteiger partial charge in [-0.3, -0.25) is 9.59 Å². The Hall–Kier alpha value is -2.18. The molecule has 2 unspecified atom stereocenters.